The third kappa shape index (κ3) is 20.2. The average molecular weight is 427 g/mol. The molecule has 0 heterocycles. The molecule has 0 saturated carbocycles. The maximum absolute atomic E-state index is 11.8. The number of unbranched alkanes of at least 4 members (excludes halogenated alkanes) is 10. The van der Waals surface area contributed by atoms with Crippen molar-refractivity contribution in [2.75, 3.05) is 13.2 Å². The molecule has 0 saturated heterocycles. The predicted octanol–water partition coefficient (Wildman–Crippen LogP) is 7.77. The van der Waals surface area contributed by atoms with Gasteiger partial charge in [-0.3, -0.25) is 9.59 Å². The van der Waals surface area contributed by atoms with Crippen LogP contribution in [0.1, 0.15) is 136 Å². The molecule has 0 aliphatic heterocycles. The van der Waals surface area contributed by atoms with Gasteiger partial charge in [0.15, 0.2) is 0 Å². The lowest BCUT2D eigenvalue weighted by atomic mass is 9.99. The SMILES string of the molecule is CCCCCCCCCCCCCOC(=O)CCCC(=O)OCC(CCC)CCC. The standard InChI is InChI=1S/C26H50O4/c1-4-7-8-9-10-11-12-13-14-15-16-22-29-25(27)20-17-21-26(28)30-23-24(18-5-2)19-6-3/h24H,4-23H2,1-3H3. The summed E-state index contributed by atoms with van der Waals surface area (Å²) in [5.41, 5.74) is 0. The van der Waals surface area contributed by atoms with E-state index in [0.29, 0.717) is 38.4 Å². The first-order valence-corrected chi connectivity index (χ1v) is 12.9. The van der Waals surface area contributed by atoms with E-state index in [2.05, 4.69) is 20.8 Å². The van der Waals surface area contributed by atoms with E-state index in [4.69, 9.17) is 9.47 Å². The Hall–Kier alpha value is -1.06. The summed E-state index contributed by atoms with van der Waals surface area (Å²) < 4.78 is 10.7. The number of esters is 2. The van der Waals surface area contributed by atoms with Crippen LogP contribution in [0, 0.1) is 5.92 Å². The summed E-state index contributed by atoms with van der Waals surface area (Å²) in [5.74, 6) is 0.0924. The van der Waals surface area contributed by atoms with Gasteiger partial charge in [-0.1, -0.05) is 97.8 Å². The van der Waals surface area contributed by atoms with Crippen molar-refractivity contribution in [2.45, 2.75) is 136 Å². The van der Waals surface area contributed by atoms with E-state index < -0.39 is 0 Å². The van der Waals surface area contributed by atoms with Gasteiger partial charge in [0.05, 0.1) is 13.2 Å². The van der Waals surface area contributed by atoms with Crippen molar-refractivity contribution in [2.24, 2.45) is 5.92 Å². The number of hydrogen-bond acceptors (Lipinski definition) is 4. The molecule has 0 amide bonds. The quantitative estimate of drug-likeness (QED) is 0.131. The maximum atomic E-state index is 11.8. The Morgan fingerprint density at radius 3 is 1.53 bits per heavy atom. The molecule has 4 nitrogen and oxygen atoms in total. The second kappa shape index (κ2) is 22.6. The molecule has 0 aliphatic rings. The van der Waals surface area contributed by atoms with E-state index in [-0.39, 0.29) is 11.9 Å². The zero-order valence-electron chi connectivity index (χ0n) is 20.4. The topological polar surface area (TPSA) is 52.6 Å². The fourth-order valence-corrected chi connectivity index (χ4v) is 3.81. The van der Waals surface area contributed by atoms with Crippen molar-refractivity contribution >= 4 is 11.9 Å². The highest BCUT2D eigenvalue weighted by molar-refractivity contribution is 5.72. The van der Waals surface area contributed by atoms with Gasteiger partial charge in [-0.15, -0.1) is 0 Å². The molecule has 0 rings (SSSR count). The van der Waals surface area contributed by atoms with Crippen LogP contribution in [-0.2, 0) is 19.1 Å². The van der Waals surface area contributed by atoms with E-state index >= 15 is 0 Å². The molecule has 0 bridgehead atoms. The highest BCUT2D eigenvalue weighted by atomic mass is 16.5. The monoisotopic (exact) mass is 426 g/mol. The molecular formula is C26H50O4. The lowest BCUT2D eigenvalue weighted by Gasteiger charge is -2.15. The molecule has 0 unspecified atom stereocenters. The number of carbonyl (C=O) groups is 2. The summed E-state index contributed by atoms with van der Waals surface area (Å²) in [7, 11) is 0. The smallest absolute Gasteiger partial charge is 0.305 e. The van der Waals surface area contributed by atoms with Gasteiger partial charge in [0.2, 0.25) is 0 Å². The van der Waals surface area contributed by atoms with Crippen molar-refractivity contribution in [3.8, 4) is 0 Å². The van der Waals surface area contributed by atoms with Crippen LogP contribution < -0.4 is 0 Å². The molecule has 0 fully saturated rings. The minimum atomic E-state index is -0.190. The largest absolute Gasteiger partial charge is 0.466 e. The van der Waals surface area contributed by atoms with E-state index in [9.17, 15) is 9.59 Å². The van der Waals surface area contributed by atoms with Gasteiger partial charge in [0, 0.05) is 12.8 Å². The molecule has 0 aromatic heterocycles. The Bertz CT molecular complexity index is 388. The highest BCUT2D eigenvalue weighted by Gasteiger charge is 2.11. The van der Waals surface area contributed by atoms with E-state index in [0.717, 1.165) is 38.5 Å². The number of carbonyl (C=O) groups excluding carboxylic acids is 2. The van der Waals surface area contributed by atoms with Gasteiger partial charge >= 0.3 is 11.9 Å². The normalized spacial score (nSPS) is 11.1. The summed E-state index contributed by atoms with van der Waals surface area (Å²) >= 11 is 0. The fourth-order valence-electron chi connectivity index (χ4n) is 3.81. The minimum absolute atomic E-state index is 0.189. The zero-order chi connectivity index (χ0) is 22.3. The number of rotatable bonds is 22. The number of ether oxygens (including phenoxy) is 2. The molecule has 0 atom stereocenters. The first-order chi connectivity index (χ1) is 14.6. The molecule has 30 heavy (non-hydrogen) atoms. The van der Waals surface area contributed by atoms with Crippen LogP contribution in [0.25, 0.3) is 0 Å². The van der Waals surface area contributed by atoms with E-state index in [1.54, 1.807) is 0 Å². The van der Waals surface area contributed by atoms with Gasteiger partial charge in [0.1, 0.15) is 0 Å². The van der Waals surface area contributed by atoms with Crippen molar-refractivity contribution in [1.29, 1.82) is 0 Å². The van der Waals surface area contributed by atoms with Gasteiger partial charge < -0.3 is 9.47 Å². The molecule has 0 spiro atoms. The summed E-state index contributed by atoms with van der Waals surface area (Å²) in [6.07, 6.45) is 19.7. The Labute approximate surface area is 186 Å². The molecule has 0 N–H and O–H groups in total. The van der Waals surface area contributed by atoms with Gasteiger partial charge in [0.25, 0.3) is 0 Å². The second-order valence-electron chi connectivity index (χ2n) is 8.74. The van der Waals surface area contributed by atoms with Crippen LogP contribution in [0.2, 0.25) is 0 Å². The second-order valence-corrected chi connectivity index (χ2v) is 8.74. The Morgan fingerprint density at radius 2 is 1.03 bits per heavy atom. The summed E-state index contributed by atoms with van der Waals surface area (Å²) in [6, 6.07) is 0. The van der Waals surface area contributed by atoms with Gasteiger partial charge in [-0.25, -0.2) is 0 Å². The van der Waals surface area contributed by atoms with Crippen molar-refractivity contribution < 1.29 is 19.1 Å². The average Bonchev–Trinajstić information content (AvgIpc) is 2.73. The molecule has 0 aromatic rings. The summed E-state index contributed by atoms with van der Waals surface area (Å²) in [4.78, 5) is 23.6. The van der Waals surface area contributed by atoms with Gasteiger partial charge in [-0.2, -0.15) is 0 Å². The predicted molar refractivity (Wildman–Crippen MR) is 126 cm³/mol. The Morgan fingerprint density at radius 1 is 0.567 bits per heavy atom. The van der Waals surface area contributed by atoms with Gasteiger partial charge in [-0.05, 0) is 31.6 Å². The van der Waals surface area contributed by atoms with Crippen molar-refractivity contribution in [3.63, 3.8) is 0 Å². The highest BCUT2D eigenvalue weighted by Crippen LogP contribution is 2.14. The molecule has 178 valence electrons. The molecule has 0 radical (unpaired) electrons. The fraction of sp³-hybridized carbons (Fsp3) is 0.923. The number of hydrogen-bond donors (Lipinski definition) is 0. The molecular weight excluding hydrogens is 376 g/mol. The van der Waals surface area contributed by atoms with E-state index in [1.165, 1.54) is 57.8 Å². The Balaban J connectivity index is 3.45. The van der Waals surface area contributed by atoms with Crippen LogP contribution in [0.3, 0.4) is 0 Å². The lowest BCUT2D eigenvalue weighted by Crippen LogP contribution is -2.14. The molecule has 0 aromatic carbocycles. The van der Waals surface area contributed by atoms with Crippen LogP contribution in [0.15, 0.2) is 0 Å². The maximum Gasteiger partial charge on any atom is 0.305 e. The van der Waals surface area contributed by atoms with Crippen molar-refractivity contribution in [1.82, 2.24) is 0 Å². The molecule has 4 heteroatoms. The van der Waals surface area contributed by atoms with E-state index in [1.807, 2.05) is 0 Å². The van der Waals surface area contributed by atoms with Crippen LogP contribution in [0.4, 0.5) is 0 Å². The van der Waals surface area contributed by atoms with Crippen LogP contribution in [-0.4, -0.2) is 25.2 Å². The van der Waals surface area contributed by atoms with Crippen LogP contribution in [0.5, 0.6) is 0 Å². The first-order valence-electron chi connectivity index (χ1n) is 12.9. The third-order valence-corrected chi connectivity index (χ3v) is 5.65. The zero-order valence-corrected chi connectivity index (χ0v) is 20.4. The molecule has 0 aliphatic carbocycles. The lowest BCUT2D eigenvalue weighted by molar-refractivity contribution is -0.146. The third-order valence-electron chi connectivity index (χ3n) is 5.65. The van der Waals surface area contributed by atoms with Crippen molar-refractivity contribution in [3.05, 3.63) is 0 Å². The minimum Gasteiger partial charge on any atom is -0.466 e. The summed E-state index contributed by atoms with van der Waals surface area (Å²) in [5, 5.41) is 0. The Kier molecular flexibility index (Phi) is 21.8. The van der Waals surface area contributed by atoms with Crippen LogP contribution >= 0.6 is 0 Å². The first kappa shape index (κ1) is 28.9. The summed E-state index contributed by atoms with van der Waals surface area (Å²) in [6.45, 7) is 7.60.